The lowest BCUT2D eigenvalue weighted by molar-refractivity contribution is 0.0846. The van der Waals surface area contributed by atoms with Gasteiger partial charge in [0.1, 0.15) is 11.5 Å². The molecule has 2 aromatic carbocycles. The van der Waals surface area contributed by atoms with Crippen LogP contribution in [0.15, 0.2) is 67.0 Å². The van der Waals surface area contributed by atoms with Crippen molar-refractivity contribution < 1.29 is 14.3 Å². The van der Waals surface area contributed by atoms with Crippen LogP contribution in [0.25, 0.3) is 0 Å². The van der Waals surface area contributed by atoms with E-state index < -0.39 is 11.8 Å². The molecule has 0 unspecified atom stereocenters. The number of aromatic nitrogens is 1. The summed E-state index contributed by atoms with van der Waals surface area (Å²) < 4.78 is 5.61. The van der Waals surface area contributed by atoms with Crippen LogP contribution in [0.2, 0.25) is 5.02 Å². The molecule has 27 heavy (non-hydrogen) atoms. The molecule has 7 heteroatoms. The molecule has 0 saturated heterocycles. The topological polar surface area (TPSA) is 80.3 Å². The molecule has 1 heterocycles. The van der Waals surface area contributed by atoms with E-state index in [9.17, 15) is 9.59 Å². The lowest BCUT2D eigenvalue weighted by Gasteiger charge is -2.09. The molecule has 0 spiro atoms. The number of amides is 2. The smallest absolute Gasteiger partial charge is 0.269 e. The maximum absolute atomic E-state index is 12.2. The number of aryl methyl sites for hydroxylation is 1. The minimum Gasteiger partial charge on any atom is -0.456 e. The van der Waals surface area contributed by atoms with Crippen molar-refractivity contribution in [1.82, 2.24) is 15.8 Å². The molecule has 136 valence electrons. The highest BCUT2D eigenvalue weighted by molar-refractivity contribution is 6.31. The first kappa shape index (κ1) is 18.4. The maximum atomic E-state index is 12.2. The average molecular weight is 382 g/mol. The summed E-state index contributed by atoms with van der Waals surface area (Å²) in [5.41, 5.74) is 6.32. The largest absolute Gasteiger partial charge is 0.456 e. The summed E-state index contributed by atoms with van der Waals surface area (Å²) in [6.07, 6.45) is 3.24. The van der Waals surface area contributed by atoms with E-state index >= 15 is 0 Å². The van der Waals surface area contributed by atoms with Gasteiger partial charge in [0, 0.05) is 22.3 Å². The molecule has 2 N–H and O–H groups in total. The van der Waals surface area contributed by atoms with E-state index in [-0.39, 0.29) is 0 Å². The normalized spacial score (nSPS) is 10.1. The Kier molecular flexibility index (Phi) is 5.68. The predicted molar refractivity (Wildman–Crippen MR) is 102 cm³/mol. The Hall–Kier alpha value is -3.38. The summed E-state index contributed by atoms with van der Waals surface area (Å²) in [5.74, 6) is 0.257. The number of hydrazine groups is 1. The standard InChI is InChI=1S/C20H16ClN3O3/c1-13-4-5-15(11-18(13)21)20(26)24-23-19(25)14-6-8-16(9-7-14)27-17-3-2-10-22-12-17/h2-12H,1H3,(H,23,25)(H,24,26). The van der Waals surface area contributed by atoms with E-state index in [1.54, 1.807) is 67.0 Å². The Morgan fingerprint density at radius 2 is 1.59 bits per heavy atom. The fourth-order valence-electron chi connectivity index (χ4n) is 2.21. The van der Waals surface area contributed by atoms with Crippen LogP contribution in [-0.4, -0.2) is 16.8 Å². The molecule has 3 aromatic rings. The highest BCUT2D eigenvalue weighted by Gasteiger charge is 2.10. The summed E-state index contributed by atoms with van der Waals surface area (Å²) in [4.78, 5) is 28.2. The fourth-order valence-corrected chi connectivity index (χ4v) is 2.39. The van der Waals surface area contributed by atoms with Gasteiger partial charge in [0.2, 0.25) is 0 Å². The number of rotatable bonds is 4. The van der Waals surface area contributed by atoms with Gasteiger partial charge in [0.25, 0.3) is 11.8 Å². The van der Waals surface area contributed by atoms with Crippen LogP contribution < -0.4 is 15.6 Å². The van der Waals surface area contributed by atoms with Crippen molar-refractivity contribution in [3.8, 4) is 11.5 Å². The van der Waals surface area contributed by atoms with Crippen LogP contribution in [0.4, 0.5) is 0 Å². The van der Waals surface area contributed by atoms with Crippen molar-refractivity contribution in [1.29, 1.82) is 0 Å². The molecule has 0 radical (unpaired) electrons. The van der Waals surface area contributed by atoms with Gasteiger partial charge in [-0.15, -0.1) is 0 Å². The van der Waals surface area contributed by atoms with Crippen LogP contribution in [-0.2, 0) is 0 Å². The molecule has 6 nitrogen and oxygen atoms in total. The Morgan fingerprint density at radius 3 is 2.22 bits per heavy atom. The van der Waals surface area contributed by atoms with Gasteiger partial charge in [-0.25, -0.2) is 0 Å². The molecule has 0 bridgehead atoms. The second-order valence-corrected chi connectivity index (χ2v) is 6.09. The molecule has 0 fully saturated rings. The quantitative estimate of drug-likeness (QED) is 0.671. The molecule has 0 aliphatic heterocycles. The summed E-state index contributed by atoms with van der Waals surface area (Å²) in [5, 5.41) is 0.484. The van der Waals surface area contributed by atoms with Crippen LogP contribution in [0.5, 0.6) is 11.5 Å². The van der Waals surface area contributed by atoms with Crippen LogP contribution >= 0.6 is 11.6 Å². The first-order chi connectivity index (χ1) is 13.0. The zero-order valence-electron chi connectivity index (χ0n) is 14.4. The number of benzene rings is 2. The minimum absolute atomic E-state index is 0.353. The molecule has 0 saturated carbocycles. The monoisotopic (exact) mass is 381 g/mol. The van der Waals surface area contributed by atoms with E-state index in [1.165, 1.54) is 0 Å². The number of nitrogens with zero attached hydrogens (tertiary/aromatic N) is 1. The number of carbonyl (C=O) groups is 2. The minimum atomic E-state index is -0.457. The number of pyridine rings is 1. The van der Waals surface area contributed by atoms with Gasteiger partial charge in [-0.1, -0.05) is 17.7 Å². The molecule has 2 amide bonds. The third-order valence-electron chi connectivity index (χ3n) is 3.71. The van der Waals surface area contributed by atoms with E-state index in [4.69, 9.17) is 16.3 Å². The summed E-state index contributed by atoms with van der Waals surface area (Å²) >= 11 is 6.01. The van der Waals surface area contributed by atoms with Crippen molar-refractivity contribution in [2.45, 2.75) is 6.92 Å². The Morgan fingerprint density at radius 1 is 0.926 bits per heavy atom. The van der Waals surface area contributed by atoms with Crippen LogP contribution in [0, 0.1) is 6.92 Å². The molecular weight excluding hydrogens is 366 g/mol. The lowest BCUT2D eigenvalue weighted by Crippen LogP contribution is -2.41. The number of hydrogen-bond donors (Lipinski definition) is 2. The van der Waals surface area contributed by atoms with Crippen molar-refractivity contribution in [2.24, 2.45) is 0 Å². The highest BCUT2D eigenvalue weighted by atomic mass is 35.5. The SMILES string of the molecule is Cc1ccc(C(=O)NNC(=O)c2ccc(Oc3cccnc3)cc2)cc1Cl. The molecular formula is C20H16ClN3O3. The fraction of sp³-hybridized carbons (Fsp3) is 0.0500. The van der Waals surface area contributed by atoms with Crippen molar-refractivity contribution in [3.63, 3.8) is 0 Å². The predicted octanol–water partition coefficient (Wildman–Crippen LogP) is 3.91. The maximum Gasteiger partial charge on any atom is 0.269 e. The van der Waals surface area contributed by atoms with E-state index in [0.29, 0.717) is 27.6 Å². The van der Waals surface area contributed by atoms with Gasteiger partial charge in [-0.3, -0.25) is 25.4 Å². The lowest BCUT2D eigenvalue weighted by atomic mass is 10.1. The third-order valence-corrected chi connectivity index (χ3v) is 4.12. The number of nitrogens with one attached hydrogen (secondary N) is 2. The van der Waals surface area contributed by atoms with Crippen LogP contribution in [0.1, 0.15) is 26.3 Å². The molecule has 0 aliphatic carbocycles. The number of carbonyl (C=O) groups excluding carboxylic acids is 2. The second kappa shape index (κ2) is 8.33. The van der Waals surface area contributed by atoms with E-state index in [0.717, 1.165) is 5.56 Å². The summed E-state index contributed by atoms with van der Waals surface area (Å²) in [6.45, 7) is 1.84. The van der Waals surface area contributed by atoms with E-state index in [2.05, 4.69) is 15.8 Å². The first-order valence-electron chi connectivity index (χ1n) is 8.08. The molecule has 0 atom stereocenters. The number of halogens is 1. The third kappa shape index (κ3) is 4.83. The van der Waals surface area contributed by atoms with Crippen molar-refractivity contribution in [3.05, 3.63) is 88.7 Å². The Balaban J connectivity index is 1.57. The van der Waals surface area contributed by atoms with Crippen molar-refractivity contribution in [2.75, 3.05) is 0 Å². The zero-order valence-corrected chi connectivity index (χ0v) is 15.2. The van der Waals surface area contributed by atoms with Gasteiger partial charge in [-0.05, 0) is 61.0 Å². The summed E-state index contributed by atoms with van der Waals surface area (Å²) in [6, 6.07) is 15.0. The van der Waals surface area contributed by atoms with Gasteiger partial charge in [-0.2, -0.15) is 0 Å². The van der Waals surface area contributed by atoms with Gasteiger partial charge >= 0.3 is 0 Å². The zero-order chi connectivity index (χ0) is 19.2. The Labute approximate surface area is 161 Å². The van der Waals surface area contributed by atoms with Gasteiger partial charge in [0.15, 0.2) is 0 Å². The van der Waals surface area contributed by atoms with E-state index in [1.807, 2.05) is 6.92 Å². The molecule has 0 aliphatic rings. The number of hydrogen-bond acceptors (Lipinski definition) is 4. The highest BCUT2D eigenvalue weighted by Crippen LogP contribution is 2.20. The average Bonchev–Trinajstić information content (AvgIpc) is 2.69. The molecule has 1 aromatic heterocycles. The molecule has 3 rings (SSSR count). The van der Waals surface area contributed by atoms with Crippen LogP contribution in [0.3, 0.4) is 0 Å². The van der Waals surface area contributed by atoms with Gasteiger partial charge in [0.05, 0.1) is 6.20 Å². The van der Waals surface area contributed by atoms with Crippen molar-refractivity contribution >= 4 is 23.4 Å². The first-order valence-corrected chi connectivity index (χ1v) is 8.45. The number of ether oxygens (including phenoxy) is 1. The second-order valence-electron chi connectivity index (χ2n) is 5.69. The van der Waals surface area contributed by atoms with Gasteiger partial charge < -0.3 is 4.74 Å². The Bertz CT molecular complexity index is 960. The summed E-state index contributed by atoms with van der Waals surface area (Å²) in [7, 11) is 0.